The molecule has 0 fully saturated rings. The van der Waals surface area contributed by atoms with Crippen molar-refractivity contribution >= 4 is 11.8 Å². The maximum Gasteiger partial charge on any atom is 0.291 e. The van der Waals surface area contributed by atoms with Gasteiger partial charge in [-0.3, -0.25) is 20.4 Å². The van der Waals surface area contributed by atoms with Crippen LogP contribution in [-0.4, -0.2) is 31.2 Å². The van der Waals surface area contributed by atoms with Crippen LogP contribution in [0, 0.1) is 0 Å². The highest BCUT2D eigenvalue weighted by molar-refractivity contribution is 5.94. The van der Waals surface area contributed by atoms with E-state index >= 15 is 0 Å². The monoisotopic (exact) mass is 381 g/mol. The lowest BCUT2D eigenvalue weighted by molar-refractivity contribution is -0.121. The molecule has 0 aliphatic rings. The van der Waals surface area contributed by atoms with Gasteiger partial charge in [0.1, 0.15) is 0 Å². The summed E-state index contributed by atoms with van der Waals surface area (Å²) in [5.41, 5.74) is 6.23. The van der Waals surface area contributed by atoms with Crippen molar-refractivity contribution in [2.24, 2.45) is 0 Å². The van der Waals surface area contributed by atoms with E-state index in [4.69, 9.17) is 14.0 Å². The van der Waals surface area contributed by atoms with Gasteiger partial charge in [0.05, 0.1) is 20.6 Å². The number of rotatable bonds is 6. The fourth-order valence-electron chi connectivity index (χ4n) is 2.53. The molecule has 0 saturated carbocycles. The Kier molecular flexibility index (Phi) is 5.91. The molecule has 28 heavy (non-hydrogen) atoms. The molecule has 0 aliphatic heterocycles. The van der Waals surface area contributed by atoms with Crippen LogP contribution in [0.2, 0.25) is 0 Å². The smallest absolute Gasteiger partial charge is 0.291 e. The summed E-state index contributed by atoms with van der Waals surface area (Å²) in [7, 11) is 3.05. The number of carbonyl (C=O) groups is 2. The van der Waals surface area contributed by atoms with E-state index in [0.717, 1.165) is 5.56 Å². The lowest BCUT2D eigenvalue weighted by Gasteiger charge is -2.10. The summed E-state index contributed by atoms with van der Waals surface area (Å²) < 4.78 is 15.5. The SMILES string of the molecule is COc1ccc(CC(=O)NNC(=O)c2cc(-c3ccccc3)on2)cc1OC. The van der Waals surface area contributed by atoms with Crippen molar-refractivity contribution in [2.45, 2.75) is 6.42 Å². The molecule has 1 aromatic heterocycles. The van der Waals surface area contributed by atoms with Crippen molar-refractivity contribution in [1.82, 2.24) is 16.0 Å². The molecule has 2 N–H and O–H groups in total. The molecule has 0 bridgehead atoms. The summed E-state index contributed by atoms with van der Waals surface area (Å²) in [5.74, 6) is 0.578. The summed E-state index contributed by atoms with van der Waals surface area (Å²) in [4.78, 5) is 24.2. The van der Waals surface area contributed by atoms with Crippen molar-refractivity contribution in [3.63, 3.8) is 0 Å². The Bertz CT molecular complexity index is 969. The van der Waals surface area contributed by atoms with Crippen molar-refractivity contribution in [1.29, 1.82) is 0 Å². The van der Waals surface area contributed by atoms with Crippen molar-refractivity contribution in [2.75, 3.05) is 14.2 Å². The number of nitrogens with one attached hydrogen (secondary N) is 2. The Labute approximate surface area is 161 Å². The lowest BCUT2D eigenvalue weighted by Crippen LogP contribution is -2.42. The minimum Gasteiger partial charge on any atom is -0.493 e. The van der Waals surface area contributed by atoms with Crippen molar-refractivity contribution in [3.8, 4) is 22.8 Å². The van der Waals surface area contributed by atoms with Crippen molar-refractivity contribution < 1.29 is 23.6 Å². The van der Waals surface area contributed by atoms with Gasteiger partial charge in [0.25, 0.3) is 5.91 Å². The number of aromatic nitrogens is 1. The number of ether oxygens (including phenoxy) is 2. The molecule has 3 rings (SSSR count). The molecule has 0 atom stereocenters. The Morgan fingerprint density at radius 2 is 1.71 bits per heavy atom. The van der Waals surface area contributed by atoms with E-state index in [-0.39, 0.29) is 12.1 Å². The fourth-order valence-corrected chi connectivity index (χ4v) is 2.53. The van der Waals surface area contributed by atoms with Crippen LogP contribution in [0.1, 0.15) is 16.1 Å². The fraction of sp³-hybridized carbons (Fsp3) is 0.150. The lowest BCUT2D eigenvalue weighted by atomic mass is 10.1. The average Bonchev–Trinajstić information content (AvgIpc) is 3.23. The molecule has 0 aliphatic carbocycles. The molecule has 1 heterocycles. The van der Waals surface area contributed by atoms with Crippen LogP contribution >= 0.6 is 0 Å². The standard InChI is InChI=1S/C20H19N3O5/c1-26-16-9-8-13(10-18(16)27-2)11-19(24)21-22-20(25)15-12-17(28-23-15)14-6-4-3-5-7-14/h3-10,12H,11H2,1-2H3,(H,21,24)(H,22,25). The quantitative estimate of drug-likeness (QED) is 0.636. The van der Waals surface area contributed by atoms with Crippen molar-refractivity contribution in [3.05, 3.63) is 65.9 Å². The molecule has 0 saturated heterocycles. The van der Waals surface area contributed by atoms with Crippen LogP contribution in [0.4, 0.5) is 0 Å². The summed E-state index contributed by atoms with van der Waals surface area (Å²) in [6.07, 6.45) is 0.0503. The number of methoxy groups -OCH3 is 2. The Hall–Kier alpha value is -3.81. The second-order valence-electron chi connectivity index (χ2n) is 5.81. The molecule has 144 valence electrons. The number of benzene rings is 2. The zero-order valence-corrected chi connectivity index (χ0v) is 15.4. The third-order valence-electron chi connectivity index (χ3n) is 3.93. The van der Waals surface area contributed by atoms with E-state index in [2.05, 4.69) is 16.0 Å². The van der Waals surface area contributed by atoms with Gasteiger partial charge in [0.15, 0.2) is 23.0 Å². The van der Waals surface area contributed by atoms with Gasteiger partial charge in [0, 0.05) is 11.6 Å². The predicted octanol–water partition coefficient (Wildman–Crippen LogP) is 2.36. The first-order valence-corrected chi connectivity index (χ1v) is 8.43. The maximum atomic E-state index is 12.1. The molecular weight excluding hydrogens is 362 g/mol. The molecule has 0 unspecified atom stereocenters. The molecular formula is C20H19N3O5. The van der Waals surface area contributed by atoms with E-state index in [0.29, 0.717) is 22.8 Å². The van der Waals surface area contributed by atoms with Gasteiger partial charge in [-0.15, -0.1) is 0 Å². The minimum atomic E-state index is -0.577. The second kappa shape index (κ2) is 8.72. The molecule has 3 aromatic rings. The normalized spacial score (nSPS) is 10.2. The van der Waals surface area contributed by atoms with Gasteiger partial charge in [-0.2, -0.15) is 0 Å². The first-order chi connectivity index (χ1) is 13.6. The van der Waals surface area contributed by atoms with E-state index in [9.17, 15) is 9.59 Å². The highest BCUT2D eigenvalue weighted by Gasteiger charge is 2.15. The van der Waals surface area contributed by atoms with Gasteiger partial charge in [-0.05, 0) is 17.7 Å². The van der Waals surface area contributed by atoms with Crippen LogP contribution in [-0.2, 0) is 11.2 Å². The number of nitrogens with zero attached hydrogens (tertiary/aromatic N) is 1. The molecule has 2 amide bonds. The number of hydrogen-bond acceptors (Lipinski definition) is 6. The van der Waals surface area contributed by atoms with E-state index in [1.54, 1.807) is 18.2 Å². The summed E-state index contributed by atoms with van der Waals surface area (Å²) >= 11 is 0. The van der Waals surface area contributed by atoms with Gasteiger partial charge in [0.2, 0.25) is 5.91 Å². The highest BCUT2D eigenvalue weighted by Crippen LogP contribution is 2.27. The van der Waals surface area contributed by atoms with Crippen LogP contribution < -0.4 is 20.3 Å². The molecule has 0 spiro atoms. The number of carbonyl (C=O) groups excluding carboxylic acids is 2. The summed E-state index contributed by atoms with van der Waals surface area (Å²) in [6.45, 7) is 0. The van der Waals surface area contributed by atoms with E-state index in [1.807, 2.05) is 30.3 Å². The van der Waals surface area contributed by atoms with Crippen LogP contribution in [0.5, 0.6) is 11.5 Å². The third-order valence-corrected chi connectivity index (χ3v) is 3.93. The predicted molar refractivity (Wildman–Crippen MR) is 101 cm³/mol. The Morgan fingerprint density at radius 3 is 2.43 bits per heavy atom. The summed E-state index contributed by atoms with van der Waals surface area (Å²) in [5, 5.41) is 3.73. The molecule has 8 nitrogen and oxygen atoms in total. The molecule has 2 aromatic carbocycles. The largest absolute Gasteiger partial charge is 0.493 e. The number of hydrazine groups is 1. The zero-order valence-electron chi connectivity index (χ0n) is 15.4. The van der Waals surface area contributed by atoms with Gasteiger partial charge in [-0.1, -0.05) is 41.6 Å². The minimum absolute atomic E-state index is 0.0503. The Balaban J connectivity index is 1.56. The van der Waals surface area contributed by atoms with Crippen LogP contribution in [0.15, 0.2) is 59.1 Å². The van der Waals surface area contributed by atoms with Crippen LogP contribution in [0.25, 0.3) is 11.3 Å². The summed E-state index contributed by atoms with van der Waals surface area (Å²) in [6, 6.07) is 15.9. The van der Waals surface area contributed by atoms with E-state index in [1.165, 1.54) is 20.3 Å². The molecule has 8 heteroatoms. The first-order valence-electron chi connectivity index (χ1n) is 8.43. The number of amides is 2. The topological polar surface area (TPSA) is 103 Å². The van der Waals surface area contributed by atoms with Gasteiger partial charge in [-0.25, -0.2) is 0 Å². The molecule has 0 radical (unpaired) electrons. The average molecular weight is 381 g/mol. The first kappa shape index (κ1) is 19.0. The van der Waals surface area contributed by atoms with E-state index < -0.39 is 11.8 Å². The second-order valence-corrected chi connectivity index (χ2v) is 5.81. The Morgan fingerprint density at radius 1 is 0.964 bits per heavy atom. The highest BCUT2D eigenvalue weighted by atomic mass is 16.5. The van der Waals surface area contributed by atoms with Gasteiger partial charge >= 0.3 is 0 Å². The zero-order chi connectivity index (χ0) is 19.9. The van der Waals surface area contributed by atoms with Crippen LogP contribution in [0.3, 0.4) is 0 Å². The number of hydrogen-bond donors (Lipinski definition) is 2. The van der Waals surface area contributed by atoms with Gasteiger partial charge < -0.3 is 14.0 Å². The third kappa shape index (κ3) is 4.47. The maximum absolute atomic E-state index is 12.1.